The van der Waals surface area contributed by atoms with E-state index in [1.54, 1.807) is 24.3 Å². The van der Waals surface area contributed by atoms with Crippen LogP contribution >= 0.6 is 0 Å². The first-order chi connectivity index (χ1) is 11.5. The zero-order chi connectivity index (χ0) is 17.5. The van der Waals surface area contributed by atoms with Gasteiger partial charge in [-0.3, -0.25) is 9.59 Å². The van der Waals surface area contributed by atoms with Crippen molar-refractivity contribution in [1.29, 1.82) is 0 Å². The summed E-state index contributed by atoms with van der Waals surface area (Å²) in [7, 11) is 0. The maximum Gasteiger partial charge on any atom is 0.230 e. The molecule has 0 aliphatic carbocycles. The Morgan fingerprint density at radius 2 is 1.58 bits per heavy atom. The average Bonchev–Trinajstić information content (AvgIpc) is 2.54. The fourth-order valence-corrected chi connectivity index (χ4v) is 2.99. The summed E-state index contributed by atoms with van der Waals surface area (Å²) in [5.74, 6) is -1.70. The minimum absolute atomic E-state index is 0.106. The molecule has 1 saturated heterocycles. The molecule has 130 valence electrons. The Kier molecular flexibility index (Phi) is 6.31. The minimum Gasteiger partial charge on any atom is -0.544 e. The average molecular weight is 333 g/mol. The van der Waals surface area contributed by atoms with Gasteiger partial charge in [0.1, 0.15) is 6.04 Å². The van der Waals surface area contributed by atoms with Crippen LogP contribution in [0.15, 0.2) is 24.3 Å². The van der Waals surface area contributed by atoms with E-state index in [4.69, 9.17) is 0 Å². The van der Waals surface area contributed by atoms with Gasteiger partial charge in [-0.25, -0.2) is 0 Å². The molecule has 1 aliphatic rings. The van der Waals surface area contributed by atoms with Gasteiger partial charge in [-0.1, -0.05) is 0 Å². The topological polar surface area (TPSA) is 103 Å². The predicted octanol–water partition coefficient (Wildman–Crippen LogP) is -0.839. The molecular formula is C17H23N3O4. The molecule has 1 aromatic rings. The van der Waals surface area contributed by atoms with Gasteiger partial charge in [-0.2, -0.15) is 0 Å². The summed E-state index contributed by atoms with van der Waals surface area (Å²) in [4.78, 5) is 35.4. The summed E-state index contributed by atoms with van der Waals surface area (Å²) in [5.41, 5.74) is 1.19. The van der Waals surface area contributed by atoms with Crippen LogP contribution in [0, 0.1) is 0 Å². The Morgan fingerprint density at radius 1 is 1.04 bits per heavy atom. The fraction of sp³-hybridized carbons (Fsp3) is 0.471. The second-order valence-corrected chi connectivity index (χ2v) is 6.10. The quantitative estimate of drug-likeness (QED) is 0.632. The van der Waals surface area contributed by atoms with Gasteiger partial charge in [0.05, 0.1) is 25.5 Å². The normalized spacial score (nSPS) is 16.2. The number of hydrogen-bond donors (Lipinski definition) is 3. The number of aliphatic carboxylic acids is 1. The molecule has 3 N–H and O–H groups in total. The van der Waals surface area contributed by atoms with Crippen LogP contribution in [0.25, 0.3) is 0 Å². The first kappa shape index (κ1) is 17.9. The third-order valence-electron chi connectivity index (χ3n) is 4.15. The van der Waals surface area contributed by atoms with Gasteiger partial charge in [0.15, 0.2) is 0 Å². The van der Waals surface area contributed by atoms with Crippen molar-refractivity contribution in [3.8, 4) is 0 Å². The zero-order valence-electron chi connectivity index (χ0n) is 13.8. The number of amides is 2. The lowest BCUT2D eigenvalue weighted by atomic mass is 10.1. The Bertz CT molecular complexity index is 594. The molecule has 1 atom stereocenters. The molecule has 0 aromatic heterocycles. The minimum atomic E-state index is -1.18. The van der Waals surface area contributed by atoms with E-state index in [0.717, 1.165) is 37.3 Å². The molecule has 2 rings (SSSR count). The molecule has 1 fully saturated rings. The van der Waals surface area contributed by atoms with Gasteiger partial charge in [0.25, 0.3) is 0 Å². The van der Waals surface area contributed by atoms with Crippen molar-refractivity contribution < 1.29 is 24.4 Å². The van der Waals surface area contributed by atoms with E-state index in [0.29, 0.717) is 11.4 Å². The third kappa shape index (κ3) is 5.34. The first-order valence-electron chi connectivity index (χ1n) is 8.18. The predicted molar refractivity (Wildman–Crippen MR) is 87.3 cm³/mol. The van der Waals surface area contributed by atoms with E-state index in [-0.39, 0.29) is 18.2 Å². The van der Waals surface area contributed by atoms with Crippen LogP contribution in [0.5, 0.6) is 0 Å². The van der Waals surface area contributed by atoms with Crippen LogP contribution in [-0.4, -0.2) is 36.9 Å². The number of carbonyl (C=O) groups excluding carboxylic acids is 3. The SMILES string of the molecule is CC(=O)Nc1ccc(NC(=O)C[C@@H](C(=O)[O-])[NH+]2CCCCC2)cc1. The molecule has 0 radical (unpaired) electrons. The number of piperidine rings is 1. The largest absolute Gasteiger partial charge is 0.544 e. The molecule has 2 amide bonds. The lowest BCUT2D eigenvalue weighted by molar-refractivity contribution is -0.922. The monoisotopic (exact) mass is 333 g/mol. The number of nitrogens with one attached hydrogen (secondary N) is 3. The molecule has 7 nitrogen and oxygen atoms in total. The smallest absolute Gasteiger partial charge is 0.230 e. The van der Waals surface area contributed by atoms with Crippen LogP contribution in [0.2, 0.25) is 0 Å². The highest BCUT2D eigenvalue weighted by atomic mass is 16.4. The van der Waals surface area contributed by atoms with E-state index in [1.165, 1.54) is 6.92 Å². The van der Waals surface area contributed by atoms with Crippen LogP contribution in [0.3, 0.4) is 0 Å². The Labute approximate surface area is 141 Å². The number of rotatable bonds is 6. The van der Waals surface area contributed by atoms with Gasteiger partial charge in [0.2, 0.25) is 11.8 Å². The molecule has 7 heteroatoms. The summed E-state index contributed by atoms with van der Waals surface area (Å²) in [6.07, 6.45) is 2.96. The van der Waals surface area contributed by atoms with Crippen molar-refractivity contribution in [1.82, 2.24) is 0 Å². The van der Waals surface area contributed by atoms with Crippen molar-refractivity contribution in [2.24, 2.45) is 0 Å². The lowest BCUT2D eigenvalue weighted by Crippen LogP contribution is -3.18. The summed E-state index contributed by atoms with van der Waals surface area (Å²) in [6, 6.07) is 5.84. The number of likely N-dealkylation sites (tertiary alicyclic amines) is 1. The lowest BCUT2D eigenvalue weighted by Gasteiger charge is -2.31. The van der Waals surface area contributed by atoms with Crippen molar-refractivity contribution in [3.05, 3.63) is 24.3 Å². The Hall–Kier alpha value is -2.41. The number of carboxylic acid groups (broad SMARTS) is 1. The van der Waals surface area contributed by atoms with E-state index < -0.39 is 12.0 Å². The summed E-state index contributed by atoms with van der Waals surface area (Å²) >= 11 is 0. The van der Waals surface area contributed by atoms with Crippen molar-refractivity contribution in [3.63, 3.8) is 0 Å². The number of hydrogen-bond acceptors (Lipinski definition) is 4. The molecule has 1 heterocycles. The van der Waals surface area contributed by atoms with Crippen LogP contribution in [-0.2, 0) is 14.4 Å². The van der Waals surface area contributed by atoms with Crippen LogP contribution in [0.4, 0.5) is 11.4 Å². The number of carboxylic acids is 1. The molecule has 1 aliphatic heterocycles. The fourth-order valence-electron chi connectivity index (χ4n) is 2.99. The number of carbonyl (C=O) groups is 3. The summed E-state index contributed by atoms with van der Waals surface area (Å²) in [6.45, 7) is 2.94. The molecule has 24 heavy (non-hydrogen) atoms. The zero-order valence-corrected chi connectivity index (χ0v) is 13.8. The van der Waals surface area contributed by atoms with Crippen molar-refractivity contribution in [2.45, 2.75) is 38.6 Å². The van der Waals surface area contributed by atoms with Gasteiger partial charge in [0, 0.05) is 18.3 Å². The first-order valence-corrected chi connectivity index (χ1v) is 8.18. The van der Waals surface area contributed by atoms with E-state index in [9.17, 15) is 19.5 Å². The van der Waals surface area contributed by atoms with Crippen LogP contribution < -0.4 is 20.6 Å². The van der Waals surface area contributed by atoms with Gasteiger partial charge in [-0.05, 0) is 43.5 Å². The maximum absolute atomic E-state index is 12.1. The van der Waals surface area contributed by atoms with Gasteiger partial charge in [-0.15, -0.1) is 0 Å². The Morgan fingerprint density at radius 3 is 2.08 bits per heavy atom. The van der Waals surface area contributed by atoms with Crippen molar-refractivity contribution >= 4 is 29.2 Å². The van der Waals surface area contributed by atoms with Gasteiger partial charge < -0.3 is 25.4 Å². The standard InChI is InChI=1S/C17H23N3O4/c1-12(21)18-13-5-7-14(8-6-13)19-16(22)11-15(17(23)24)20-9-3-2-4-10-20/h5-8,15H,2-4,9-11H2,1H3,(H,18,21)(H,19,22)(H,23,24)/t15-/m0/s1. The third-order valence-corrected chi connectivity index (χ3v) is 4.15. The van der Waals surface area contributed by atoms with Crippen molar-refractivity contribution in [2.75, 3.05) is 23.7 Å². The van der Waals surface area contributed by atoms with E-state index >= 15 is 0 Å². The molecular weight excluding hydrogens is 310 g/mol. The molecule has 0 saturated carbocycles. The number of quaternary nitrogens is 1. The summed E-state index contributed by atoms with van der Waals surface area (Å²) < 4.78 is 0. The second-order valence-electron chi connectivity index (χ2n) is 6.10. The highest BCUT2D eigenvalue weighted by molar-refractivity contribution is 5.94. The molecule has 0 unspecified atom stereocenters. The number of anilines is 2. The van der Waals surface area contributed by atoms with E-state index in [1.807, 2.05) is 0 Å². The highest BCUT2D eigenvalue weighted by Gasteiger charge is 2.27. The summed E-state index contributed by atoms with van der Waals surface area (Å²) in [5, 5.41) is 16.7. The molecule has 0 bridgehead atoms. The number of benzene rings is 1. The van der Waals surface area contributed by atoms with E-state index in [2.05, 4.69) is 10.6 Å². The maximum atomic E-state index is 12.1. The second kappa shape index (κ2) is 8.44. The Balaban J connectivity index is 1.92. The molecule has 0 spiro atoms. The van der Waals surface area contributed by atoms with Crippen LogP contribution in [0.1, 0.15) is 32.6 Å². The van der Waals surface area contributed by atoms with Gasteiger partial charge >= 0.3 is 0 Å². The highest BCUT2D eigenvalue weighted by Crippen LogP contribution is 2.13. The molecule has 1 aromatic carbocycles.